The van der Waals surface area contributed by atoms with Crippen LogP contribution < -0.4 is 14.2 Å². The van der Waals surface area contributed by atoms with Crippen molar-refractivity contribution in [1.82, 2.24) is 19.5 Å². The van der Waals surface area contributed by atoms with Gasteiger partial charge in [-0.25, -0.2) is 15.0 Å². The van der Waals surface area contributed by atoms with Crippen LogP contribution in [-0.4, -0.2) is 53.6 Å². The van der Waals surface area contributed by atoms with Gasteiger partial charge in [0, 0.05) is 12.2 Å². The topological polar surface area (TPSA) is 80.5 Å². The van der Waals surface area contributed by atoms with E-state index in [0.29, 0.717) is 29.4 Å². The minimum atomic E-state index is 0.117. The Kier molecular flexibility index (Phi) is 5.07. The standard InChI is InChI=1S/C23H24N4O4/c1-28-18-11-14(12-19(29-2)20(18)30-3)22-26-21-23(27(22)13-15-7-6-10-31-15)25-17-9-5-4-8-16(17)24-21/h4-5,8-9,11-12,15H,6-7,10,13H2,1-3H3/t15-/m1/s1. The maximum atomic E-state index is 5.91. The molecule has 1 aliphatic rings. The third kappa shape index (κ3) is 3.42. The van der Waals surface area contributed by atoms with Crippen molar-refractivity contribution in [3.8, 4) is 28.6 Å². The number of hydrogen-bond acceptors (Lipinski definition) is 7. The fraction of sp³-hybridized carbons (Fsp3) is 0.348. The van der Waals surface area contributed by atoms with Crippen LogP contribution in [-0.2, 0) is 11.3 Å². The molecule has 8 nitrogen and oxygen atoms in total. The van der Waals surface area contributed by atoms with Crippen molar-refractivity contribution < 1.29 is 18.9 Å². The molecule has 1 aliphatic heterocycles. The molecular weight excluding hydrogens is 396 g/mol. The van der Waals surface area contributed by atoms with E-state index in [1.165, 1.54) is 0 Å². The average molecular weight is 420 g/mol. The first-order chi connectivity index (χ1) is 15.2. The van der Waals surface area contributed by atoms with Crippen LogP contribution in [0.3, 0.4) is 0 Å². The molecule has 0 saturated carbocycles. The van der Waals surface area contributed by atoms with E-state index in [4.69, 9.17) is 33.9 Å². The van der Waals surface area contributed by atoms with Crippen molar-refractivity contribution in [2.45, 2.75) is 25.5 Å². The molecule has 5 rings (SSSR count). The molecule has 2 aromatic carbocycles. The van der Waals surface area contributed by atoms with Gasteiger partial charge in [-0.2, -0.15) is 0 Å². The molecule has 1 saturated heterocycles. The molecule has 1 atom stereocenters. The van der Waals surface area contributed by atoms with Gasteiger partial charge in [0.25, 0.3) is 0 Å². The predicted molar refractivity (Wildman–Crippen MR) is 117 cm³/mol. The third-order valence-electron chi connectivity index (χ3n) is 5.59. The molecule has 31 heavy (non-hydrogen) atoms. The second kappa shape index (κ2) is 8.03. The van der Waals surface area contributed by atoms with Crippen LogP contribution in [0.4, 0.5) is 0 Å². The van der Waals surface area contributed by atoms with E-state index in [2.05, 4.69) is 4.57 Å². The molecule has 160 valence electrons. The summed E-state index contributed by atoms with van der Waals surface area (Å²) in [5.41, 5.74) is 3.81. The number of benzene rings is 2. The Morgan fingerprint density at radius 3 is 2.29 bits per heavy atom. The third-order valence-corrected chi connectivity index (χ3v) is 5.59. The van der Waals surface area contributed by atoms with Crippen molar-refractivity contribution in [1.29, 1.82) is 0 Å². The lowest BCUT2D eigenvalue weighted by Gasteiger charge is -2.16. The molecule has 0 N–H and O–H groups in total. The van der Waals surface area contributed by atoms with Crippen LogP contribution in [0.1, 0.15) is 12.8 Å². The van der Waals surface area contributed by atoms with Gasteiger partial charge in [-0.15, -0.1) is 0 Å². The predicted octanol–water partition coefficient (Wildman–Crippen LogP) is 3.85. The zero-order chi connectivity index (χ0) is 21.4. The van der Waals surface area contributed by atoms with Gasteiger partial charge in [0.1, 0.15) is 5.82 Å². The maximum Gasteiger partial charge on any atom is 0.203 e. The number of aromatic nitrogens is 4. The number of hydrogen-bond donors (Lipinski definition) is 0. The van der Waals surface area contributed by atoms with Crippen LogP contribution in [0.15, 0.2) is 36.4 Å². The Morgan fingerprint density at radius 2 is 1.68 bits per heavy atom. The number of nitrogens with zero attached hydrogens (tertiary/aromatic N) is 4. The fourth-order valence-corrected chi connectivity index (χ4v) is 4.09. The first-order valence-corrected chi connectivity index (χ1v) is 10.3. The summed E-state index contributed by atoms with van der Waals surface area (Å²) in [7, 11) is 4.80. The van der Waals surface area contributed by atoms with Crippen LogP contribution in [0.25, 0.3) is 33.7 Å². The Balaban J connectivity index is 1.74. The minimum absolute atomic E-state index is 0.117. The van der Waals surface area contributed by atoms with Crippen molar-refractivity contribution in [2.24, 2.45) is 0 Å². The molecule has 0 aliphatic carbocycles. The zero-order valence-corrected chi connectivity index (χ0v) is 17.8. The summed E-state index contributed by atoms with van der Waals surface area (Å²) in [4.78, 5) is 14.5. The highest BCUT2D eigenvalue weighted by Gasteiger charge is 2.24. The van der Waals surface area contributed by atoms with Gasteiger partial charge in [0.15, 0.2) is 22.8 Å². The van der Waals surface area contributed by atoms with Crippen molar-refractivity contribution in [3.05, 3.63) is 36.4 Å². The van der Waals surface area contributed by atoms with E-state index < -0.39 is 0 Å². The van der Waals surface area contributed by atoms with E-state index in [0.717, 1.165) is 47.5 Å². The van der Waals surface area contributed by atoms with Gasteiger partial charge in [0.05, 0.1) is 45.0 Å². The van der Waals surface area contributed by atoms with E-state index in [1.54, 1.807) is 21.3 Å². The lowest BCUT2D eigenvalue weighted by atomic mass is 10.1. The molecule has 0 spiro atoms. The number of ether oxygens (including phenoxy) is 4. The van der Waals surface area contributed by atoms with Gasteiger partial charge in [-0.05, 0) is 37.1 Å². The number of methoxy groups -OCH3 is 3. The summed E-state index contributed by atoms with van der Waals surface area (Å²) < 4.78 is 24.6. The molecule has 0 unspecified atom stereocenters. The lowest BCUT2D eigenvalue weighted by Crippen LogP contribution is -2.16. The van der Waals surface area contributed by atoms with Crippen molar-refractivity contribution in [3.63, 3.8) is 0 Å². The molecule has 4 aromatic rings. The van der Waals surface area contributed by atoms with Crippen LogP contribution in [0.2, 0.25) is 0 Å². The normalized spacial score (nSPS) is 16.2. The van der Waals surface area contributed by atoms with Gasteiger partial charge < -0.3 is 23.5 Å². The monoisotopic (exact) mass is 420 g/mol. The Hall–Kier alpha value is -3.39. The highest BCUT2D eigenvalue weighted by Crippen LogP contribution is 2.41. The van der Waals surface area contributed by atoms with E-state index in [9.17, 15) is 0 Å². The van der Waals surface area contributed by atoms with E-state index >= 15 is 0 Å². The maximum absolute atomic E-state index is 5.91. The summed E-state index contributed by atoms with van der Waals surface area (Å²) in [6.07, 6.45) is 2.19. The Morgan fingerprint density at radius 1 is 0.968 bits per heavy atom. The summed E-state index contributed by atoms with van der Waals surface area (Å²) in [6, 6.07) is 11.6. The van der Waals surface area contributed by atoms with Crippen molar-refractivity contribution in [2.75, 3.05) is 27.9 Å². The van der Waals surface area contributed by atoms with Crippen LogP contribution in [0.5, 0.6) is 17.2 Å². The first kappa shape index (κ1) is 19.6. The minimum Gasteiger partial charge on any atom is -0.493 e. The highest BCUT2D eigenvalue weighted by atomic mass is 16.5. The molecule has 0 radical (unpaired) electrons. The largest absolute Gasteiger partial charge is 0.493 e. The zero-order valence-electron chi connectivity index (χ0n) is 17.8. The van der Waals surface area contributed by atoms with E-state index in [-0.39, 0.29) is 6.10 Å². The first-order valence-electron chi connectivity index (χ1n) is 10.3. The fourth-order valence-electron chi connectivity index (χ4n) is 4.09. The van der Waals surface area contributed by atoms with Gasteiger partial charge in [-0.1, -0.05) is 12.1 Å². The smallest absolute Gasteiger partial charge is 0.203 e. The molecule has 3 heterocycles. The second-order valence-corrected chi connectivity index (χ2v) is 7.45. The summed E-state index contributed by atoms with van der Waals surface area (Å²) in [5.74, 6) is 2.41. The second-order valence-electron chi connectivity index (χ2n) is 7.45. The number of imidazole rings is 1. The van der Waals surface area contributed by atoms with Crippen molar-refractivity contribution >= 4 is 22.3 Å². The Bertz CT molecular complexity index is 1220. The van der Waals surface area contributed by atoms with Gasteiger partial charge >= 0.3 is 0 Å². The van der Waals surface area contributed by atoms with Gasteiger partial charge in [0.2, 0.25) is 5.75 Å². The molecular formula is C23H24N4O4. The SMILES string of the molecule is COc1cc(-c2nc3nc4ccccc4nc3n2C[C@H]2CCCO2)cc(OC)c1OC. The Labute approximate surface area is 179 Å². The average Bonchev–Trinajstić information content (AvgIpc) is 3.45. The van der Waals surface area contributed by atoms with Crippen LogP contribution in [0, 0.1) is 0 Å². The number of para-hydroxylation sites is 2. The van der Waals surface area contributed by atoms with Crippen LogP contribution >= 0.6 is 0 Å². The number of fused-ring (bicyclic) bond motifs is 2. The summed E-state index contributed by atoms with van der Waals surface area (Å²) in [6.45, 7) is 1.43. The highest BCUT2D eigenvalue weighted by molar-refractivity contribution is 5.85. The molecule has 1 fully saturated rings. The summed E-state index contributed by atoms with van der Waals surface area (Å²) >= 11 is 0. The quantitative estimate of drug-likeness (QED) is 0.469. The number of rotatable bonds is 6. The molecule has 8 heteroatoms. The lowest BCUT2D eigenvalue weighted by molar-refractivity contribution is 0.0981. The molecule has 0 amide bonds. The van der Waals surface area contributed by atoms with E-state index in [1.807, 2.05) is 36.4 Å². The molecule has 0 bridgehead atoms. The molecule has 2 aromatic heterocycles. The van der Waals surface area contributed by atoms with Gasteiger partial charge in [-0.3, -0.25) is 0 Å². The summed E-state index contributed by atoms with van der Waals surface area (Å²) in [5, 5.41) is 0.